The van der Waals surface area contributed by atoms with Gasteiger partial charge in [0.1, 0.15) is 11.5 Å². The highest BCUT2D eigenvalue weighted by molar-refractivity contribution is 7.89. The van der Waals surface area contributed by atoms with Crippen molar-refractivity contribution in [3.05, 3.63) is 64.2 Å². The molecule has 0 bridgehead atoms. The molecule has 3 aromatic rings. The Bertz CT molecular complexity index is 1180. The zero-order valence-corrected chi connectivity index (χ0v) is 17.0. The third-order valence-electron chi connectivity index (χ3n) is 4.46. The third-order valence-corrected chi connectivity index (χ3v) is 5.87. The molecule has 1 heterocycles. The summed E-state index contributed by atoms with van der Waals surface area (Å²) >= 11 is 0. The Morgan fingerprint density at radius 1 is 1.14 bits per heavy atom. The number of nitrogens with one attached hydrogen (secondary N) is 2. The van der Waals surface area contributed by atoms with Crippen LogP contribution in [0.4, 0.5) is 17.2 Å². The van der Waals surface area contributed by atoms with Gasteiger partial charge in [-0.1, -0.05) is 18.2 Å². The molecule has 3 rings (SSSR count). The van der Waals surface area contributed by atoms with E-state index in [9.17, 15) is 18.5 Å². The quantitative estimate of drug-likeness (QED) is 0.450. The summed E-state index contributed by atoms with van der Waals surface area (Å²) in [6.07, 6.45) is 0. The van der Waals surface area contributed by atoms with E-state index in [1.165, 1.54) is 19.2 Å². The first-order valence-electron chi connectivity index (χ1n) is 8.75. The van der Waals surface area contributed by atoms with Gasteiger partial charge < -0.3 is 10.2 Å². The van der Waals surface area contributed by atoms with Crippen molar-refractivity contribution in [2.75, 3.05) is 31.4 Å². The number of hydrogen-bond donors (Lipinski definition) is 2. The van der Waals surface area contributed by atoms with Crippen LogP contribution in [0.5, 0.6) is 0 Å². The van der Waals surface area contributed by atoms with Gasteiger partial charge in [-0.25, -0.2) is 18.1 Å². The lowest BCUT2D eigenvalue weighted by atomic mass is 10.1. The van der Waals surface area contributed by atoms with Crippen LogP contribution in [0.15, 0.2) is 53.4 Å². The van der Waals surface area contributed by atoms with E-state index in [-0.39, 0.29) is 16.3 Å². The summed E-state index contributed by atoms with van der Waals surface area (Å²) < 4.78 is 26.1. The molecule has 152 valence electrons. The van der Waals surface area contributed by atoms with E-state index < -0.39 is 14.9 Å². The first kappa shape index (κ1) is 20.5. The maximum Gasteiger partial charge on any atom is 0.293 e. The minimum absolute atomic E-state index is 0.165. The lowest BCUT2D eigenvalue weighted by molar-refractivity contribution is -0.384. The number of para-hydroxylation sites is 1. The third kappa shape index (κ3) is 4.28. The molecule has 0 saturated carbocycles. The maximum absolute atomic E-state index is 11.9. The first-order chi connectivity index (χ1) is 13.7. The Hall–Kier alpha value is -3.24. The number of benzene rings is 2. The van der Waals surface area contributed by atoms with Crippen molar-refractivity contribution in [3.63, 3.8) is 0 Å². The van der Waals surface area contributed by atoms with Crippen molar-refractivity contribution < 1.29 is 13.3 Å². The van der Waals surface area contributed by atoms with E-state index in [0.29, 0.717) is 6.54 Å². The largest absolute Gasteiger partial charge is 0.375 e. The van der Waals surface area contributed by atoms with Gasteiger partial charge in [0.2, 0.25) is 10.0 Å². The molecule has 2 aromatic carbocycles. The number of hydrogen-bond acceptors (Lipinski definition) is 7. The van der Waals surface area contributed by atoms with Crippen LogP contribution >= 0.6 is 0 Å². The number of fused-ring (bicyclic) bond motifs is 1. The summed E-state index contributed by atoms with van der Waals surface area (Å²) in [6, 6.07) is 13.3. The predicted molar refractivity (Wildman–Crippen MR) is 113 cm³/mol. The van der Waals surface area contributed by atoms with Crippen molar-refractivity contribution in [2.45, 2.75) is 11.4 Å². The molecule has 0 saturated heterocycles. The smallest absolute Gasteiger partial charge is 0.293 e. The summed E-state index contributed by atoms with van der Waals surface area (Å²) in [4.78, 5) is 17.2. The molecule has 29 heavy (non-hydrogen) atoms. The van der Waals surface area contributed by atoms with Gasteiger partial charge in [0.15, 0.2) is 0 Å². The number of sulfonamides is 1. The number of nitro groups is 1. The highest BCUT2D eigenvalue weighted by atomic mass is 32.2. The van der Waals surface area contributed by atoms with Crippen LogP contribution in [-0.2, 0) is 16.6 Å². The fourth-order valence-corrected chi connectivity index (χ4v) is 3.64. The number of rotatable bonds is 7. The average molecular weight is 415 g/mol. The molecule has 0 unspecified atom stereocenters. The molecule has 0 spiro atoms. The zero-order chi connectivity index (χ0) is 21.2. The standard InChI is InChI=1S/C19H21N5O4S/c1-20-29(27,28)14-8-9-17(18(11-14)24(25)26)21-12-13-10-19(23(2)3)22-16-7-5-4-6-15(13)16/h4-11,20-21H,12H2,1-3H3. The number of aromatic nitrogens is 1. The Kier molecular flexibility index (Phi) is 5.66. The zero-order valence-electron chi connectivity index (χ0n) is 16.2. The predicted octanol–water partition coefficient (Wildman–Crippen LogP) is 2.73. The Morgan fingerprint density at radius 3 is 2.52 bits per heavy atom. The number of nitro benzene ring substituents is 1. The van der Waals surface area contributed by atoms with Crippen LogP contribution in [0.25, 0.3) is 10.9 Å². The lowest BCUT2D eigenvalue weighted by Crippen LogP contribution is -2.18. The molecule has 0 aliphatic carbocycles. The van der Waals surface area contributed by atoms with Crippen LogP contribution in [-0.4, -0.2) is 39.5 Å². The number of anilines is 2. The molecular weight excluding hydrogens is 394 g/mol. The van der Waals surface area contributed by atoms with E-state index >= 15 is 0 Å². The fraction of sp³-hybridized carbons (Fsp3) is 0.211. The second kappa shape index (κ2) is 8.02. The van der Waals surface area contributed by atoms with Crippen molar-refractivity contribution in [2.24, 2.45) is 0 Å². The Labute approximate surface area is 168 Å². The molecule has 0 fully saturated rings. The molecule has 2 N–H and O–H groups in total. The summed E-state index contributed by atoms with van der Waals surface area (Å²) in [5.41, 5.74) is 1.66. The normalized spacial score (nSPS) is 11.4. The summed E-state index contributed by atoms with van der Waals surface area (Å²) in [5, 5.41) is 15.5. The minimum Gasteiger partial charge on any atom is -0.375 e. The molecule has 0 amide bonds. The van der Waals surface area contributed by atoms with Crippen molar-refractivity contribution in [1.29, 1.82) is 0 Å². The van der Waals surface area contributed by atoms with Gasteiger partial charge in [0.25, 0.3) is 5.69 Å². The summed E-state index contributed by atoms with van der Waals surface area (Å²) in [5.74, 6) is 0.769. The number of nitrogens with zero attached hydrogens (tertiary/aromatic N) is 3. The lowest BCUT2D eigenvalue weighted by Gasteiger charge is -2.16. The van der Waals surface area contributed by atoms with Gasteiger partial charge in [-0.3, -0.25) is 10.1 Å². The van der Waals surface area contributed by atoms with Crippen LogP contribution in [0, 0.1) is 10.1 Å². The molecule has 1 aromatic heterocycles. The molecule has 0 atom stereocenters. The maximum atomic E-state index is 11.9. The second-order valence-electron chi connectivity index (χ2n) is 6.55. The Balaban J connectivity index is 1.99. The summed E-state index contributed by atoms with van der Waals surface area (Å²) in [6.45, 7) is 0.308. The molecule has 0 aliphatic heterocycles. The van der Waals surface area contributed by atoms with Gasteiger partial charge in [0.05, 0.1) is 15.3 Å². The van der Waals surface area contributed by atoms with Gasteiger partial charge in [-0.15, -0.1) is 0 Å². The van der Waals surface area contributed by atoms with E-state index in [0.717, 1.165) is 28.4 Å². The molecule has 10 heteroatoms. The molecule has 9 nitrogen and oxygen atoms in total. The highest BCUT2D eigenvalue weighted by Gasteiger charge is 2.20. The van der Waals surface area contributed by atoms with Crippen LogP contribution in [0.2, 0.25) is 0 Å². The molecular formula is C19H21N5O4S. The van der Waals surface area contributed by atoms with E-state index in [1.54, 1.807) is 0 Å². The topological polar surface area (TPSA) is 117 Å². The highest BCUT2D eigenvalue weighted by Crippen LogP contribution is 2.29. The molecule has 0 radical (unpaired) electrons. The van der Waals surface area contributed by atoms with Crippen molar-refractivity contribution in [3.8, 4) is 0 Å². The SMILES string of the molecule is CNS(=O)(=O)c1ccc(NCc2cc(N(C)C)nc3ccccc23)c([N+](=O)[O-])c1. The van der Waals surface area contributed by atoms with Crippen molar-refractivity contribution >= 4 is 38.1 Å². The van der Waals surface area contributed by atoms with E-state index in [2.05, 4.69) is 15.0 Å². The summed E-state index contributed by atoms with van der Waals surface area (Å²) in [7, 11) is 1.25. The van der Waals surface area contributed by atoms with Crippen molar-refractivity contribution in [1.82, 2.24) is 9.71 Å². The Morgan fingerprint density at radius 2 is 1.86 bits per heavy atom. The number of pyridine rings is 1. The first-order valence-corrected chi connectivity index (χ1v) is 10.2. The average Bonchev–Trinajstić information content (AvgIpc) is 2.71. The monoisotopic (exact) mass is 415 g/mol. The van der Waals surface area contributed by atoms with Crippen LogP contribution in [0.1, 0.15) is 5.56 Å². The minimum atomic E-state index is -3.78. The fourth-order valence-electron chi connectivity index (χ4n) is 2.89. The van der Waals surface area contributed by atoms with Gasteiger partial charge in [-0.2, -0.15) is 0 Å². The van der Waals surface area contributed by atoms with Crippen LogP contribution in [0.3, 0.4) is 0 Å². The van der Waals surface area contributed by atoms with Gasteiger partial charge >= 0.3 is 0 Å². The van der Waals surface area contributed by atoms with Gasteiger partial charge in [0, 0.05) is 32.1 Å². The second-order valence-corrected chi connectivity index (χ2v) is 8.43. The van der Waals surface area contributed by atoms with Crippen LogP contribution < -0.4 is 14.9 Å². The van der Waals surface area contributed by atoms with E-state index in [4.69, 9.17) is 0 Å². The van der Waals surface area contributed by atoms with Gasteiger partial charge in [-0.05, 0) is 36.9 Å². The van der Waals surface area contributed by atoms with E-state index in [1.807, 2.05) is 49.3 Å². The molecule has 0 aliphatic rings.